The molecule has 0 unspecified atom stereocenters. The van der Waals surface area contributed by atoms with E-state index in [9.17, 15) is 13.6 Å². The number of ether oxygens (including phenoxy) is 1. The van der Waals surface area contributed by atoms with Crippen LogP contribution in [0.2, 0.25) is 0 Å². The molecule has 0 spiro atoms. The quantitative estimate of drug-likeness (QED) is 0.575. The zero-order valence-corrected chi connectivity index (χ0v) is 10.9. The van der Waals surface area contributed by atoms with E-state index in [1.54, 1.807) is 0 Å². The molecule has 2 nitrogen and oxygen atoms in total. The number of carbonyl (C=O) groups is 1. The van der Waals surface area contributed by atoms with Crippen molar-refractivity contribution in [2.45, 2.75) is 33.6 Å². The standard InChI is InChI=1S/C14H18F2O2/c1-9-6-11(3)12(7-10(9)2)13(17)4-5-18-8-14(15)16/h6-7,14H,4-5,8H2,1-3H3. The number of carbonyl (C=O) groups excluding carboxylic acids is 1. The molecule has 1 aromatic carbocycles. The SMILES string of the molecule is Cc1cc(C)c(C(=O)CCOCC(F)F)cc1C. The van der Waals surface area contributed by atoms with Crippen molar-refractivity contribution in [3.05, 3.63) is 34.4 Å². The van der Waals surface area contributed by atoms with Crippen LogP contribution in [-0.4, -0.2) is 25.4 Å². The first-order chi connectivity index (χ1) is 8.41. The summed E-state index contributed by atoms with van der Waals surface area (Å²) in [5.41, 5.74) is 3.76. The second-order valence-corrected chi connectivity index (χ2v) is 4.39. The molecular weight excluding hydrogens is 238 g/mol. The molecule has 0 saturated heterocycles. The smallest absolute Gasteiger partial charge is 0.261 e. The number of halogens is 2. The Hall–Kier alpha value is -1.29. The summed E-state index contributed by atoms with van der Waals surface area (Å²) in [4.78, 5) is 11.9. The highest BCUT2D eigenvalue weighted by Crippen LogP contribution is 2.17. The molecule has 1 aromatic rings. The monoisotopic (exact) mass is 256 g/mol. The first-order valence-corrected chi connectivity index (χ1v) is 5.88. The van der Waals surface area contributed by atoms with Crippen molar-refractivity contribution in [1.82, 2.24) is 0 Å². The van der Waals surface area contributed by atoms with Crippen molar-refractivity contribution in [2.75, 3.05) is 13.2 Å². The molecule has 0 heterocycles. The van der Waals surface area contributed by atoms with Gasteiger partial charge < -0.3 is 4.74 Å². The third kappa shape index (κ3) is 4.18. The molecule has 0 N–H and O–H groups in total. The van der Waals surface area contributed by atoms with E-state index in [2.05, 4.69) is 0 Å². The van der Waals surface area contributed by atoms with Crippen LogP contribution in [0.3, 0.4) is 0 Å². The van der Waals surface area contributed by atoms with E-state index in [1.807, 2.05) is 32.9 Å². The third-order valence-electron chi connectivity index (χ3n) is 2.86. The fraction of sp³-hybridized carbons (Fsp3) is 0.500. The van der Waals surface area contributed by atoms with Gasteiger partial charge in [-0.25, -0.2) is 8.78 Å². The molecule has 0 saturated carbocycles. The lowest BCUT2D eigenvalue weighted by atomic mass is 9.97. The summed E-state index contributed by atoms with van der Waals surface area (Å²) in [6.45, 7) is 5.23. The number of ketones is 1. The Morgan fingerprint density at radius 1 is 1.17 bits per heavy atom. The molecule has 0 amide bonds. The van der Waals surface area contributed by atoms with Crippen LogP contribution in [-0.2, 0) is 4.74 Å². The third-order valence-corrected chi connectivity index (χ3v) is 2.86. The van der Waals surface area contributed by atoms with Gasteiger partial charge in [0.1, 0.15) is 6.61 Å². The van der Waals surface area contributed by atoms with Crippen LogP contribution in [0.4, 0.5) is 8.78 Å². The molecule has 4 heteroatoms. The maximum Gasteiger partial charge on any atom is 0.261 e. The number of benzene rings is 1. The Bertz CT molecular complexity index is 428. The van der Waals surface area contributed by atoms with Crippen molar-refractivity contribution in [2.24, 2.45) is 0 Å². The lowest BCUT2D eigenvalue weighted by molar-refractivity contribution is 0.0169. The maximum atomic E-state index is 11.9. The van der Waals surface area contributed by atoms with Gasteiger partial charge in [-0.05, 0) is 43.5 Å². The summed E-state index contributed by atoms with van der Waals surface area (Å²) < 4.78 is 28.4. The van der Waals surface area contributed by atoms with Gasteiger partial charge in [0, 0.05) is 12.0 Å². The van der Waals surface area contributed by atoms with Crippen molar-refractivity contribution in [1.29, 1.82) is 0 Å². The molecular formula is C14H18F2O2. The maximum absolute atomic E-state index is 11.9. The van der Waals surface area contributed by atoms with Gasteiger partial charge in [-0.2, -0.15) is 0 Å². The molecule has 0 bridgehead atoms. The average molecular weight is 256 g/mol. The van der Waals surface area contributed by atoms with Gasteiger partial charge in [0.2, 0.25) is 0 Å². The summed E-state index contributed by atoms with van der Waals surface area (Å²) >= 11 is 0. The summed E-state index contributed by atoms with van der Waals surface area (Å²) in [7, 11) is 0. The minimum absolute atomic E-state index is 0.0372. The molecule has 18 heavy (non-hydrogen) atoms. The van der Waals surface area contributed by atoms with Crippen molar-refractivity contribution >= 4 is 5.78 Å². The first kappa shape index (κ1) is 14.8. The van der Waals surface area contributed by atoms with Crippen LogP contribution in [0, 0.1) is 20.8 Å². The number of hydrogen-bond donors (Lipinski definition) is 0. The summed E-state index contributed by atoms with van der Waals surface area (Å²) in [5, 5.41) is 0. The normalized spacial score (nSPS) is 11.0. The van der Waals surface area contributed by atoms with Crippen LogP contribution in [0.1, 0.15) is 33.5 Å². The van der Waals surface area contributed by atoms with Gasteiger partial charge in [0.05, 0.1) is 6.61 Å². The van der Waals surface area contributed by atoms with Gasteiger partial charge in [0.25, 0.3) is 6.43 Å². The molecule has 100 valence electrons. The van der Waals surface area contributed by atoms with Gasteiger partial charge in [-0.3, -0.25) is 4.79 Å². The van der Waals surface area contributed by atoms with E-state index in [-0.39, 0.29) is 18.8 Å². The van der Waals surface area contributed by atoms with Crippen LogP contribution in [0.5, 0.6) is 0 Å². The second kappa shape index (κ2) is 6.59. The Morgan fingerprint density at radius 2 is 1.78 bits per heavy atom. The van der Waals surface area contributed by atoms with Gasteiger partial charge >= 0.3 is 0 Å². The highest BCUT2D eigenvalue weighted by Gasteiger charge is 2.11. The van der Waals surface area contributed by atoms with Gasteiger partial charge in [-0.1, -0.05) is 6.07 Å². The number of hydrogen-bond acceptors (Lipinski definition) is 2. The molecule has 0 aromatic heterocycles. The number of rotatable bonds is 6. The molecule has 0 atom stereocenters. The van der Waals surface area contributed by atoms with Crippen LogP contribution < -0.4 is 0 Å². The van der Waals surface area contributed by atoms with Crippen LogP contribution in [0.25, 0.3) is 0 Å². The zero-order chi connectivity index (χ0) is 13.7. The fourth-order valence-electron chi connectivity index (χ4n) is 1.73. The second-order valence-electron chi connectivity index (χ2n) is 4.39. The van der Waals surface area contributed by atoms with E-state index in [1.165, 1.54) is 0 Å². The average Bonchev–Trinajstić information content (AvgIpc) is 2.28. The predicted molar refractivity (Wildman–Crippen MR) is 66.4 cm³/mol. The largest absolute Gasteiger partial charge is 0.375 e. The Labute approximate surface area is 106 Å². The van der Waals surface area contributed by atoms with E-state index >= 15 is 0 Å². The van der Waals surface area contributed by atoms with E-state index < -0.39 is 13.0 Å². The highest BCUT2D eigenvalue weighted by molar-refractivity contribution is 5.97. The fourth-order valence-corrected chi connectivity index (χ4v) is 1.73. The lowest BCUT2D eigenvalue weighted by Gasteiger charge is -2.09. The summed E-state index contributed by atoms with van der Waals surface area (Å²) in [6, 6.07) is 3.81. The Balaban J connectivity index is 2.59. The van der Waals surface area contributed by atoms with Crippen LogP contribution >= 0.6 is 0 Å². The van der Waals surface area contributed by atoms with E-state index in [0.717, 1.165) is 16.7 Å². The predicted octanol–water partition coefficient (Wildman–Crippen LogP) is 3.47. The minimum atomic E-state index is -2.48. The van der Waals surface area contributed by atoms with Crippen molar-refractivity contribution in [3.8, 4) is 0 Å². The summed E-state index contributed by atoms with van der Waals surface area (Å²) in [6.07, 6.45) is -2.35. The number of alkyl halides is 2. The van der Waals surface area contributed by atoms with Crippen molar-refractivity contribution < 1.29 is 18.3 Å². The Morgan fingerprint density at radius 3 is 2.39 bits per heavy atom. The number of aryl methyl sites for hydroxylation is 3. The molecule has 0 aliphatic carbocycles. The van der Waals surface area contributed by atoms with Gasteiger partial charge in [0.15, 0.2) is 5.78 Å². The molecule has 0 fully saturated rings. The topological polar surface area (TPSA) is 26.3 Å². The lowest BCUT2D eigenvalue weighted by Crippen LogP contribution is -2.10. The Kier molecular flexibility index (Phi) is 5.41. The van der Waals surface area contributed by atoms with E-state index in [0.29, 0.717) is 5.56 Å². The van der Waals surface area contributed by atoms with Crippen LogP contribution in [0.15, 0.2) is 12.1 Å². The van der Waals surface area contributed by atoms with E-state index in [4.69, 9.17) is 4.74 Å². The molecule has 0 radical (unpaired) electrons. The highest BCUT2D eigenvalue weighted by atomic mass is 19.3. The first-order valence-electron chi connectivity index (χ1n) is 5.88. The summed E-state index contributed by atoms with van der Waals surface area (Å²) in [5.74, 6) is -0.0649. The molecule has 1 rings (SSSR count). The minimum Gasteiger partial charge on any atom is -0.375 e. The molecule has 0 aliphatic rings. The zero-order valence-electron chi connectivity index (χ0n) is 10.9. The molecule has 0 aliphatic heterocycles. The van der Waals surface area contributed by atoms with Gasteiger partial charge in [-0.15, -0.1) is 0 Å². The van der Waals surface area contributed by atoms with Crippen molar-refractivity contribution in [3.63, 3.8) is 0 Å². The number of Topliss-reactive ketones (excluding diaryl/α,β-unsaturated/α-hetero) is 1.